The standard InChI is InChI=1S/C17H22N2O4/c1-4-23-17(22)15(11(2)3)19-14(20)10-7-12-5-8-13(9-6-12)16(18)21/h5-11,15H,4H2,1-3H3,(H2,18,21)(H,19,20)/b10-7-/t15-/m1/s1. The van der Waals surface area contributed by atoms with Gasteiger partial charge in [0.1, 0.15) is 6.04 Å². The predicted molar refractivity (Wildman–Crippen MR) is 87.4 cm³/mol. The summed E-state index contributed by atoms with van der Waals surface area (Å²) in [5.41, 5.74) is 6.29. The van der Waals surface area contributed by atoms with Crippen LogP contribution in [-0.2, 0) is 14.3 Å². The zero-order valence-electron chi connectivity index (χ0n) is 13.5. The predicted octanol–water partition coefficient (Wildman–Crippen LogP) is 1.50. The lowest BCUT2D eigenvalue weighted by Gasteiger charge is -2.19. The molecule has 0 saturated carbocycles. The van der Waals surface area contributed by atoms with Crippen molar-refractivity contribution in [2.45, 2.75) is 26.8 Å². The summed E-state index contributed by atoms with van der Waals surface area (Å²) in [6.45, 7) is 5.63. The van der Waals surface area contributed by atoms with E-state index in [0.29, 0.717) is 5.56 Å². The molecule has 0 fully saturated rings. The number of carbonyl (C=O) groups excluding carboxylic acids is 3. The fourth-order valence-corrected chi connectivity index (χ4v) is 1.86. The van der Waals surface area contributed by atoms with Crippen LogP contribution in [0.25, 0.3) is 6.08 Å². The van der Waals surface area contributed by atoms with E-state index in [4.69, 9.17) is 10.5 Å². The number of esters is 1. The molecule has 1 aromatic rings. The molecule has 1 aromatic carbocycles. The van der Waals surface area contributed by atoms with Crippen LogP contribution in [-0.4, -0.2) is 30.4 Å². The number of nitrogens with one attached hydrogen (secondary N) is 1. The number of benzene rings is 1. The van der Waals surface area contributed by atoms with Gasteiger partial charge in [-0.15, -0.1) is 0 Å². The van der Waals surface area contributed by atoms with Crippen molar-refractivity contribution in [2.75, 3.05) is 6.61 Å². The lowest BCUT2D eigenvalue weighted by atomic mass is 10.0. The summed E-state index contributed by atoms with van der Waals surface area (Å²) < 4.78 is 4.94. The first-order valence-corrected chi connectivity index (χ1v) is 7.40. The highest BCUT2D eigenvalue weighted by atomic mass is 16.5. The molecule has 0 bridgehead atoms. The lowest BCUT2D eigenvalue weighted by molar-refractivity contribution is -0.148. The van der Waals surface area contributed by atoms with Gasteiger partial charge in [-0.2, -0.15) is 0 Å². The number of rotatable bonds is 7. The minimum Gasteiger partial charge on any atom is -0.464 e. The van der Waals surface area contributed by atoms with Gasteiger partial charge in [0, 0.05) is 11.6 Å². The zero-order valence-corrected chi connectivity index (χ0v) is 13.5. The van der Waals surface area contributed by atoms with E-state index in [1.807, 2.05) is 13.8 Å². The van der Waals surface area contributed by atoms with Crippen LogP contribution in [0, 0.1) is 5.92 Å². The number of amides is 2. The Labute approximate surface area is 135 Å². The SMILES string of the molecule is CCOC(=O)[C@H](NC(=O)/C=C\c1ccc(C(N)=O)cc1)C(C)C. The van der Waals surface area contributed by atoms with Gasteiger partial charge in [-0.1, -0.05) is 26.0 Å². The molecule has 23 heavy (non-hydrogen) atoms. The smallest absolute Gasteiger partial charge is 0.328 e. The van der Waals surface area contributed by atoms with Gasteiger partial charge in [0.15, 0.2) is 0 Å². The molecule has 0 radical (unpaired) electrons. The van der Waals surface area contributed by atoms with Gasteiger partial charge in [0.25, 0.3) is 0 Å². The van der Waals surface area contributed by atoms with E-state index in [1.54, 1.807) is 37.3 Å². The molecule has 2 amide bonds. The summed E-state index contributed by atoms with van der Waals surface area (Å²) in [6, 6.07) is 5.82. The highest BCUT2D eigenvalue weighted by Gasteiger charge is 2.24. The van der Waals surface area contributed by atoms with Gasteiger partial charge < -0.3 is 15.8 Å². The molecule has 124 valence electrons. The van der Waals surface area contributed by atoms with E-state index < -0.39 is 23.8 Å². The number of ether oxygens (including phenoxy) is 1. The van der Waals surface area contributed by atoms with Gasteiger partial charge in [0.05, 0.1) is 6.61 Å². The minimum absolute atomic E-state index is 0.0822. The summed E-state index contributed by atoms with van der Waals surface area (Å²) in [6.07, 6.45) is 2.91. The van der Waals surface area contributed by atoms with Gasteiger partial charge >= 0.3 is 5.97 Å². The Morgan fingerprint density at radius 3 is 2.30 bits per heavy atom. The summed E-state index contributed by atoms with van der Waals surface area (Å²) in [4.78, 5) is 34.7. The van der Waals surface area contributed by atoms with Crippen LogP contribution in [0.3, 0.4) is 0 Å². The molecule has 0 aliphatic heterocycles. The van der Waals surface area contributed by atoms with Crippen molar-refractivity contribution in [1.29, 1.82) is 0 Å². The topological polar surface area (TPSA) is 98.5 Å². The molecule has 6 nitrogen and oxygen atoms in total. The number of carbonyl (C=O) groups is 3. The summed E-state index contributed by atoms with van der Waals surface area (Å²) in [7, 11) is 0. The molecule has 0 heterocycles. The second-order valence-electron chi connectivity index (χ2n) is 5.30. The largest absolute Gasteiger partial charge is 0.464 e. The van der Waals surface area contributed by atoms with E-state index in [2.05, 4.69) is 5.32 Å². The van der Waals surface area contributed by atoms with Crippen LogP contribution < -0.4 is 11.1 Å². The zero-order chi connectivity index (χ0) is 17.4. The Bertz CT molecular complexity index is 591. The van der Waals surface area contributed by atoms with Crippen LogP contribution >= 0.6 is 0 Å². The van der Waals surface area contributed by atoms with Crippen molar-refractivity contribution in [1.82, 2.24) is 5.32 Å². The minimum atomic E-state index is -0.690. The molecule has 0 spiro atoms. The molecule has 6 heteroatoms. The normalized spacial score (nSPS) is 12.2. The van der Waals surface area contributed by atoms with Crippen molar-refractivity contribution in [3.8, 4) is 0 Å². The molecule has 0 aromatic heterocycles. The molecule has 0 aliphatic rings. The van der Waals surface area contributed by atoms with Crippen molar-refractivity contribution >= 4 is 23.9 Å². The monoisotopic (exact) mass is 318 g/mol. The van der Waals surface area contributed by atoms with Crippen LogP contribution in [0.5, 0.6) is 0 Å². The summed E-state index contributed by atoms with van der Waals surface area (Å²) >= 11 is 0. The van der Waals surface area contributed by atoms with E-state index >= 15 is 0 Å². The number of nitrogens with two attached hydrogens (primary N) is 1. The Morgan fingerprint density at radius 1 is 1.22 bits per heavy atom. The molecule has 3 N–H and O–H groups in total. The van der Waals surface area contributed by atoms with Gasteiger partial charge in [0.2, 0.25) is 11.8 Å². The number of hydrogen-bond acceptors (Lipinski definition) is 4. The fraction of sp³-hybridized carbons (Fsp3) is 0.353. The third kappa shape index (κ3) is 5.94. The van der Waals surface area contributed by atoms with Crippen molar-refractivity contribution < 1.29 is 19.1 Å². The van der Waals surface area contributed by atoms with Crippen LogP contribution in [0.1, 0.15) is 36.7 Å². The van der Waals surface area contributed by atoms with Crippen molar-refractivity contribution in [2.24, 2.45) is 11.7 Å². The van der Waals surface area contributed by atoms with Crippen LogP contribution in [0.2, 0.25) is 0 Å². The molecule has 0 aliphatic carbocycles. The molecular weight excluding hydrogens is 296 g/mol. The molecule has 1 atom stereocenters. The molecule has 0 saturated heterocycles. The van der Waals surface area contributed by atoms with E-state index in [9.17, 15) is 14.4 Å². The Balaban J connectivity index is 2.70. The van der Waals surface area contributed by atoms with Gasteiger partial charge in [-0.05, 0) is 36.6 Å². The Hall–Kier alpha value is -2.63. The number of hydrogen-bond donors (Lipinski definition) is 2. The number of primary amides is 1. The maximum Gasteiger partial charge on any atom is 0.328 e. The van der Waals surface area contributed by atoms with Gasteiger partial charge in [-0.3, -0.25) is 9.59 Å². The lowest BCUT2D eigenvalue weighted by Crippen LogP contribution is -2.44. The van der Waals surface area contributed by atoms with E-state index in [1.165, 1.54) is 6.08 Å². The maximum atomic E-state index is 11.9. The first-order valence-electron chi connectivity index (χ1n) is 7.40. The summed E-state index contributed by atoms with van der Waals surface area (Å²) in [5, 5.41) is 2.63. The Morgan fingerprint density at radius 2 is 1.83 bits per heavy atom. The summed E-state index contributed by atoms with van der Waals surface area (Å²) in [5.74, 6) is -1.43. The van der Waals surface area contributed by atoms with E-state index in [0.717, 1.165) is 5.56 Å². The molecule has 0 unspecified atom stereocenters. The maximum absolute atomic E-state index is 11.9. The highest BCUT2D eigenvalue weighted by molar-refractivity contribution is 5.95. The van der Waals surface area contributed by atoms with Crippen LogP contribution in [0.15, 0.2) is 30.3 Å². The third-order valence-corrected chi connectivity index (χ3v) is 3.13. The second kappa shape index (κ2) is 8.73. The fourth-order valence-electron chi connectivity index (χ4n) is 1.86. The third-order valence-electron chi connectivity index (χ3n) is 3.13. The second-order valence-corrected chi connectivity index (χ2v) is 5.30. The quantitative estimate of drug-likeness (QED) is 0.588. The van der Waals surface area contributed by atoms with Gasteiger partial charge in [-0.25, -0.2) is 4.79 Å². The van der Waals surface area contributed by atoms with Crippen LogP contribution in [0.4, 0.5) is 0 Å². The van der Waals surface area contributed by atoms with E-state index in [-0.39, 0.29) is 12.5 Å². The Kier molecular flexibility index (Phi) is 6.99. The molecule has 1 rings (SSSR count). The first kappa shape index (κ1) is 18.4. The average molecular weight is 318 g/mol. The first-order chi connectivity index (χ1) is 10.8. The van der Waals surface area contributed by atoms with Crippen molar-refractivity contribution in [3.05, 3.63) is 41.5 Å². The average Bonchev–Trinajstić information content (AvgIpc) is 2.50. The highest BCUT2D eigenvalue weighted by Crippen LogP contribution is 2.07. The molecular formula is C17H22N2O4. The van der Waals surface area contributed by atoms with Crippen molar-refractivity contribution in [3.63, 3.8) is 0 Å².